The van der Waals surface area contributed by atoms with Gasteiger partial charge in [-0.3, -0.25) is 4.79 Å². The Balaban J connectivity index is 0.00000155. The molecule has 1 amide bonds. The van der Waals surface area contributed by atoms with Gasteiger partial charge in [-0.05, 0) is 117 Å². The Labute approximate surface area is 256 Å². The molecule has 6 nitrogen and oxygen atoms in total. The predicted octanol–water partition coefficient (Wildman–Crippen LogP) is 6.52. The van der Waals surface area contributed by atoms with E-state index in [-0.39, 0.29) is 29.6 Å². The van der Waals surface area contributed by atoms with Crippen LogP contribution in [0.4, 0.5) is 0 Å². The Morgan fingerprint density at radius 3 is 2.50 bits per heavy atom. The summed E-state index contributed by atoms with van der Waals surface area (Å²) in [5.41, 5.74) is 1.18. The van der Waals surface area contributed by atoms with E-state index in [2.05, 4.69) is 33.1 Å². The van der Waals surface area contributed by atoms with Gasteiger partial charge in [-0.15, -0.1) is 0 Å². The van der Waals surface area contributed by atoms with Crippen molar-refractivity contribution in [2.24, 2.45) is 57.7 Å². The third kappa shape index (κ3) is 4.49. The SMILES string of the molecule is CC.CNC[C@H]1CCC2C3CC[C@@]45C(C)[C@@]46CC[C@H](OC4CN(C(=O)C(C)C)CCO4)C(C)(C)C6CC[C@H]5C3C[C@H]2O1. The fourth-order valence-electron chi connectivity index (χ4n) is 12.7. The number of rotatable bonds is 5. The van der Waals surface area contributed by atoms with E-state index < -0.39 is 0 Å². The Bertz CT molecular complexity index is 985. The lowest BCUT2D eigenvalue weighted by Gasteiger charge is -2.58. The van der Waals surface area contributed by atoms with Gasteiger partial charge >= 0.3 is 0 Å². The number of carbonyl (C=O) groups is 1. The second-order valence-corrected chi connectivity index (χ2v) is 16.0. The third-order valence-electron chi connectivity index (χ3n) is 14.2. The molecule has 1 N–H and O–H groups in total. The molecule has 12 atom stereocenters. The van der Waals surface area contributed by atoms with Gasteiger partial charge in [0.1, 0.15) is 0 Å². The van der Waals surface area contributed by atoms with Gasteiger partial charge < -0.3 is 24.4 Å². The van der Waals surface area contributed by atoms with Crippen LogP contribution in [0.2, 0.25) is 0 Å². The van der Waals surface area contributed by atoms with Gasteiger partial charge in [0.25, 0.3) is 0 Å². The van der Waals surface area contributed by atoms with Crippen LogP contribution in [-0.2, 0) is 19.0 Å². The van der Waals surface area contributed by atoms with Crippen LogP contribution in [0.3, 0.4) is 0 Å². The zero-order valence-electron chi connectivity index (χ0n) is 28.1. The Kier molecular flexibility index (Phi) is 8.64. The van der Waals surface area contributed by atoms with Gasteiger partial charge in [0.05, 0.1) is 31.5 Å². The average molecular weight is 587 g/mol. The summed E-state index contributed by atoms with van der Waals surface area (Å²) in [7, 11) is 2.06. The lowest BCUT2D eigenvalue weighted by atomic mass is 9.48. The lowest BCUT2D eigenvalue weighted by molar-refractivity contribution is -0.244. The van der Waals surface area contributed by atoms with Gasteiger partial charge in [0, 0.05) is 19.0 Å². The highest BCUT2D eigenvalue weighted by atomic mass is 16.7. The van der Waals surface area contributed by atoms with Crippen molar-refractivity contribution in [3.8, 4) is 0 Å². The summed E-state index contributed by atoms with van der Waals surface area (Å²) >= 11 is 0. The van der Waals surface area contributed by atoms with Gasteiger partial charge in [-0.25, -0.2) is 0 Å². The van der Waals surface area contributed by atoms with Gasteiger partial charge in [0.2, 0.25) is 5.91 Å². The second-order valence-electron chi connectivity index (χ2n) is 16.0. The molecule has 240 valence electrons. The monoisotopic (exact) mass is 586 g/mol. The van der Waals surface area contributed by atoms with Crippen LogP contribution in [0.5, 0.6) is 0 Å². The molecule has 0 aromatic heterocycles. The maximum absolute atomic E-state index is 12.7. The molecule has 7 fully saturated rings. The van der Waals surface area contributed by atoms with E-state index in [4.69, 9.17) is 14.2 Å². The normalized spacial score (nSPS) is 48.5. The van der Waals surface area contributed by atoms with Crippen molar-refractivity contribution >= 4 is 5.91 Å². The number of morpholine rings is 1. The summed E-state index contributed by atoms with van der Waals surface area (Å²) in [6, 6.07) is 0. The molecule has 0 bridgehead atoms. The standard InChI is InChI=1S/C34H56N2O4.C2H6/c1-20(2)31(37)36-15-16-38-30(19-36)40-29-12-14-34-21(3)33(34)13-11-23-24-8-7-22(18-35-6)39-27(24)17-25(23)26(33)9-10-28(34)32(29,4)5;1-2/h20-30,35H,7-19H2,1-6H3;1-2H3/t21?,22-,23?,24?,25?,26+,27-,28?,29+,30?,33+,34-;/m1./s1. The first-order valence-electron chi connectivity index (χ1n) is 18.0. The molecule has 6 heteroatoms. The van der Waals surface area contributed by atoms with Crippen LogP contribution in [-0.4, -0.2) is 68.7 Å². The minimum atomic E-state index is -0.291. The largest absolute Gasteiger partial charge is 0.373 e. The smallest absolute Gasteiger partial charge is 0.225 e. The minimum Gasteiger partial charge on any atom is -0.373 e. The number of hydrogen-bond acceptors (Lipinski definition) is 5. The zero-order valence-corrected chi connectivity index (χ0v) is 28.1. The summed E-state index contributed by atoms with van der Waals surface area (Å²) in [6.45, 7) is 18.5. The van der Waals surface area contributed by atoms with Crippen molar-refractivity contribution in [1.29, 1.82) is 0 Å². The molecule has 7 rings (SSSR count). The fraction of sp³-hybridized carbons (Fsp3) is 0.972. The first-order chi connectivity index (χ1) is 20.1. The van der Waals surface area contributed by atoms with Crippen molar-refractivity contribution in [2.45, 2.75) is 131 Å². The molecule has 0 aromatic carbocycles. The topological polar surface area (TPSA) is 60.0 Å². The molecule has 0 aromatic rings. The number of nitrogens with one attached hydrogen (secondary N) is 1. The van der Waals surface area contributed by atoms with Crippen LogP contribution in [0.15, 0.2) is 0 Å². The summed E-state index contributed by atoms with van der Waals surface area (Å²) in [4.78, 5) is 14.6. The van der Waals surface area contributed by atoms with E-state index >= 15 is 0 Å². The first-order valence-corrected chi connectivity index (χ1v) is 18.0. The van der Waals surface area contributed by atoms with E-state index in [0.29, 0.717) is 42.7 Å². The molecule has 5 aliphatic carbocycles. The quantitative estimate of drug-likeness (QED) is 0.398. The van der Waals surface area contributed by atoms with E-state index in [9.17, 15) is 4.79 Å². The van der Waals surface area contributed by atoms with Crippen molar-refractivity contribution in [1.82, 2.24) is 10.2 Å². The summed E-state index contributed by atoms with van der Waals surface area (Å²) in [5.74, 6) is 5.31. The molecule has 0 radical (unpaired) electrons. The van der Waals surface area contributed by atoms with Gasteiger partial charge in [0.15, 0.2) is 6.29 Å². The molecule has 2 heterocycles. The molecule has 5 saturated carbocycles. The highest BCUT2D eigenvalue weighted by molar-refractivity contribution is 5.78. The van der Waals surface area contributed by atoms with Crippen LogP contribution in [0.25, 0.3) is 0 Å². The number of carbonyl (C=O) groups excluding carboxylic acids is 1. The Morgan fingerprint density at radius 1 is 1.00 bits per heavy atom. The molecular weight excluding hydrogens is 524 g/mol. The van der Waals surface area contributed by atoms with E-state index in [0.717, 1.165) is 48.5 Å². The van der Waals surface area contributed by atoms with Crippen LogP contribution in [0.1, 0.15) is 106 Å². The molecule has 42 heavy (non-hydrogen) atoms. The van der Waals surface area contributed by atoms with E-state index in [1.54, 1.807) is 0 Å². The molecule has 7 aliphatic rings. The number of likely N-dealkylation sites (N-methyl/N-ethyl adjacent to an activating group) is 1. The number of nitrogens with zero attached hydrogens (tertiary/aromatic N) is 1. The fourth-order valence-corrected chi connectivity index (χ4v) is 12.7. The van der Waals surface area contributed by atoms with Crippen molar-refractivity contribution in [2.75, 3.05) is 33.3 Å². The summed E-state index contributed by atoms with van der Waals surface area (Å²) < 4.78 is 19.7. The Morgan fingerprint density at radius 2 is 1.76 bits per heavy atom. The van der Waals surface area contributed by atoms with Crippen molar-refractivity contribution in [3.63, 3.8) is 0 Å². The summed E-state index contributed by atoms with van der Waals surface area (Å²) in [5, 5.41) is 3.36. The maximum atomic E-state index is 12.7. The summed E-state index contributed by atoms with van der Waals surface area (Å²) in [6.07, 6.45) is 12.9. The second kappa shape index (κ2) is 11.6. The number of ether oxygens (including phenoxy) is 3. The van der Waals surface area contributed by atoms with Gasteiger partial charge in [-0.2, -0.15) is 0 Å². The zero-order chi connectivity index (χ0) is 30.0. The third-order valence-corrected chi connectivity index (χ3v) is 14.2. The number of fused-ring (bicyclic) bond motifs is 4. The van der Waals surface area contributed by atoms with E-state index in [1.807, 2.05) is 32.6 Å². The lowest BCUT2D eigenvalue weighted by Crippen LogP contribution is -2.56. The molecule has 2 saturated heterocycles. The van der Waals surface area contributed by atoms with Crippen molar-refractivity contribution in [3.05, 3.63) is 0 Å². The average Bonchev–Trinajstić information content (AvgIpc) is 3.29. The molecule has 2 aliphatic heterocycles. The molecular formula is C36H62N2O4. The number of amides is 1. The molecule has 2 spiro atoms. The van der Waals surface area contributed by atoms with Crippen LogP contribution >= 0.6 is 0 Å². The van der Waals surface area contributed by atoms with E-state index in [1.165, 1.54) is 51.4 Å². The van der Waals surface area contributed by atoms with Gasteiger partial charge in [-0.1, -0.05) is 48.5 Å². The van der Waals surface area contributed by atoms with Crippen LogP contribution < -0.4 is 5.32 Å². The maximum Gasteiger partial charge on any atom is 0.225 e. The first kappa shape index (κ1) is 31.3. The molecule has 6 unspecified atom stereocenters. The number of hydrogen-bond donors (Lipinski definition) is 1. The highest BCUT2D eigenvalue weighted by Gasteiger charge is 2.83. The van der Waals surface area contributed by atoms with Crippen LogP contribution in [0, 0.1) is 57.7 Å². The highest BCUT2D eigenvalue weighted by Crippen LogP contribution is 2.88. The predicted molar refractivity (Wildman–Crippen MR) is 167 cm³/mol. The van der Waals surface area contributed by atoms with Crippen molar-refractivity contribution < 1.29 is 19.0 Å². The Hall–Kier alpha value is -0.690. The minimum absolute atomic E-state index is 0.0210.